The summed E-state index contributed by atoms with van der Waals surface area (Å²) in [4.78, 5) is 40.7. The number of carbonyl (C=O) groups excluding carboxylic acids is 2. The van der Waals surface area contributed by atoms with Crippen LogP contribution in [0.3, 0.4) is 0 Å². The van der Waals surface area contributed by atoms with Crippen LogP contribution in [0, 0.1) is 11.8 Å². The Kier molecular flexibility index (Phi) is 7.25. The molecule has 2 unspecified atom stereocenters. The number of anilines is 1. The maximum Gasteiger partial charge on any atom is 0.250 e. The number of fused-ring (bicyclic) bond motifs is 7. The number of oxazole rings is 2. The van der Waals surface area contributed by atoms with E-state index in [0.717, 1.165) is 54.4 Å². The molecule has 274 valence electrons. The molecule has 4 aliphatic heterocycles. The average Bonchev–Trinajstić information content (AvgIpc) is 3.95. The summed E-state index contributed by atoms with van der Waals surface area (Å²) in [5.41, 5.74) is 5.89. The lowest BCUT2D eigenvalue weighted by Gasteiger charge is -2.29. The molecular formula is C40H34BrClN6O6. The van der Waals surface area contributed by atoms with E-state index >= 15 is 0 Å². The molecule has 4 aliphatic rings. The fourth-order valence-corrected chi connectivity index (χ4v) is 9.16. The van der Waals surface area contributed by atoms with Crippen LogP contribution < -0.4 is 20.7 Å². The lowest BCUT2D eigenvalue weighted by molar-refractivity contribution is -0.135. The highest BCUT2D eigenvalue weighted by molar-refractivity contribution is 9.10. The van der Waals surface area contributed by atoms with E-state index in [2.05, 4.69) is 55.1 Å². The van der Waals surface area contributed by atoms with E-state index in [0.29, 0.717) is 23.0 Å². The van der Waals surface area contributed by atoms with Crippen molar-refractivity contribution < 1.29 is 28.3 Å². The lowest BCUT2D eigenvalue weighted by Crippen LogP contribution is -2.52. The van der Waals surface area contributed by atoms with E-state index < -0.39 is 41.6 Å². The Morgan fingerprint density at radius 2 is 1.87 bits per heavy atom. The molecule has 3 aromatic carbocycles. The second kappa shape index (κ2) is 11.7. The Labute approximate surface area is 322 Å². The van der Waals surface area contributed by atoms with Crippen LogP contribution in [0.25, 0.3) is 44.9 Å². The van der Waals surface area contributed by atoms with Crippen molar-refractivity contribution in [2.45, 2.75) is 63.9 Å². The fraction of sp³-hybridized carbons (Fsp3) is 0.300. The number of benzene rings is 3. The highest BCUT2D eigenvalue weighted by atomic mass is 79.9. The van der Waals surface area contributed by atoms with Gasteiger partial charge in [0.05, 0.1) is 0 Å². The highest BCUT2D eigenvalue weighted by Gasteiger charge is 2.62. The molecule has 5 N–H and O–H groups in total. The van der Waals surface area contributed by atoms with E-state index in [1.165, 1.54) is 0 Å². The molecule has 0 aliphatic carbocycles. The second-order valence-electron chi connectivity index (χ2n) is 15.1. The molecule has 0 fully saturated rings. The number of halogens is 2. The second-order valence-corrected chi connectivity index (χ2v) is 16.4. The normalized spacial score (nSPS) is 22.2. The number of aliphatic hydroxyl groups excluding tert-OH is 1. The number of hydrogen-bond donors (Lipinski definition) is 5. The average molecular weight is 810 g/mol. The number of aromatic amines is 1. The standard InChI is InChI=1S/C40H34BrClN6O6/c1-15(2)28-37-46-30-33(54-37)40-22-10-17(11-25(35(50)45-28)44-36(51)31(49)16(3)4)8-9-26(22)52-39(40)47-29-20(12-18(41)13-23(29)40)19-6-5-7-24-27(19)21(14-43-24)32-34(42)48-38(30)53-32/h5-10,12-16,25,28,31,39,43,47,49H,11H2,1-4H3,(H,44,51)(H,45,50)/t25-,28-,31-,39?,40?/m0/s1. The Bertz CT molecular complexity index is 2590. The molecule has 3 aromatic heterocycles. The third-order valence-corrected chi connectivity index (χ3v) is 11.9. The van der Waals surface area contributed by atoms with Gasteiger partial charge in [-0.3, -0.25) is 9.59 Å². The van der Waals surface area contributed by atoms with Crippen molar-refractivity contribution in [3.63, 3.8) is 0 Å². The van der Waals surface area contributed by atoms with Gasteiger partial charge in [0.15, 0.2) is 28.6 Å². The van der Waals surface area contributed by atoms with Gasteiger partial charge in [-0.1, -0.05) is 79.5 Å². The Hall–Kier alpha value is -5.11. The molecule has 6 aromatic rings. The molecule has 10 bridgehead atoms. The molecule has 54 heavy (non-hydrogen) atoms. The summed E-state index contributed by atoms with van der Waals surface area (Å²) in [5, 5.41) is 21.4. The molecule has 0 saturated heterocycles. The number of carbonyl (C=O) groups is 2. The first kappa shape index (κ1) is 33.5. The largest absolute Gasteiger partial charge is 0.469 e. The van der Waals surface area contributed by atoms with Crippen molar-refractivity contribution in [1.29, 1.82) is 0 Å². The van der Waals surface area contributed by atoms with Crippen molar-refractivity contribution in [2.75, 3.05) is 5.32 Å². The number of H-pyrrole nitrogens is 1. The summed E-state index contributed by atoms with van der Waals surface area (Å²) in [7, 11) is 0. The van der Waals surface area contributed by atoms with Crippen LogP contribution in [0.5, 0.6) is 5.75 Å². The van der Waals surface area contributed by atoms with Crippen molar-refractivity contribution in [1.82, 2.24) is 25.6 Å². The summed E-state index contributed by atoms with van der Waals surface area (Å²) >= 11 is 10.8. The highest BCUT2D eigenvalue weighted by Crippen LogP contribution is 2.62. The number of nitrogens with zero attached hydrogens (tertiary/aromatic N) is 2. The molecule has 7 heterocycles. The van der Waals surface area contributed by atoms with E-state index in [1.807, 2.05) is 50.4 Å². The van der Waals surface area contributed by atoms with Crippen molar-refractivity contribution in [3.8, 4) is 39.8 Å². The topological polar surface area (TPSA) is 168 Å². The third-order valence-electron chi connectivity index (χ3n) is 11.1. The third kappa shape index (κ3) is 4.58. The summed E-state index contributed by atoms with van der Waals surface area (Å²) in [5.74, 6) is 0.112. The smallest absolute Gasteiger partial charge is 0.250 e. The lowest BCUT2D eigenvalue weighted by atomic mass is 9.72. The van der Waals surface area contributed by atoms with Gasteiger partial charge in [-0.05, 0) is 47.2 Å². The summed E-state index contributed by atoms with van der Waals surface area (Å²) in [6.07, 6.45) is 0.00790. The van der Waals surface area contributed by atoms with Crippen molar-refractivity contribution in [3.05, 3.63) is 92.7 Å². The fourth-order valence-electron chi connectivity index (χ4n) is 8.49. The first-order valence-electron chi connectivity index (χ1n) is 17.9. The molecule has 5 atom stereocenters. The zero-order valence-electron chi connectivity index (χ0n) is 29.5. The van der Waals surface area contributed by atoms with Crippen LogP contribution >= 0.6 is 27.5 Å². The first-order valence-corrected chi connectivity index (χ1v) is 19.1. The number of aromatic nitrogens is 3. The number of aliphatic hydroxyl groups is 1. The summed E-state index contributed by atoms with van der Waals surface area (Å²) < 4.78 is 21.3. The minimum atomic E-state index is -1.30. The minimum absolute atomic E-state index is 0.140. The predicted molar refractivity (Wildman–Crippen MR) is 204 cm³/mol. The van der Waals surface area contributed by atoms with E-state index in [9.17, 15) is 14.7 Å². The Morgan fingerprint density at radius 3 is 2.67 bits per heavy atom. The zero-order chi connectivity index (χ0) is 37.4. The maximum absolute atomic E-state index is 14.2. The first-order chi connectivity index (χ1) is 25.9. The van der Waals surface area contributed by atoms with Crippen LogP contribution in [0.2, 0.25) is 5.15 Å². The molecule has 0 saturated carbocycles. The van der Waals surface area contributed by atoms with Gasteiger partial charge in [-0.25, -0.2) is 4.98 Å². The van der Waals surface area contributed by atoms with Crippen LogP contribution in [-0.4, -0.2) is 50.2 Å². The Balaban J connectivity index is 1.30. The van der Waals surface area contributed by atoms with Gasteiger partial charge in [0.25, 0.3) is 5.89 Å². The number of amides is 2. The van der Waals surface area contributed by atoms with Crippen LogP contribution in [-0.2, 0) is 21.4 Å². The molecule has 0 radical (unpaired) electrons. The Morgan fingerprint density at radius 1 is 1.04 bits per heavy atom. The molecule has 12 nitrogen and oxygen atoms in total. The van der Waals surface area contributed by atoms with Crippen LogP contribution in [0.1, 0.15) is 62.1 Å². The molecular weight excluding hydrogens is 776 g/mol. The quantitative estimate of drug-likeness (QED) is 0.124. The maximum atomic E-state index is 14.2. The van der Waals surface area contributed by atoms with Gasteiger partial charge >= 0.3 is 0 Å². The van der Waals surface area contributed by atoms with E-state index in [-0.39, 0.29) is 35.2 Å². The van der Waals surface area contributed by atoms with Crippen molar-refractivity contribution in [2.24, 2.45) is 11.8 Å². The molecule has 14 heteroatoms. The number of rotatable bonds is 4. The van der Waals surface area contributed by atoms with Gasteiger partial charge in [0.2, 0.25) is 17.7 Å². The van der Waals surface area contributed by atoms with Crippen LogP contribution in [0.4, 0.5) is 5.69 Å². The van der Waals surface area contributed by atoms with Gasteiger partial charge in [-0.2, -0.15) is 4.98 Å². The molecule has 2 amide bonds. The van der Waals surface area contributed by atoms with E-state index in [4.69, 9.17) is 35.1 Å². The summed E-state index contributed by atoms with van der Waals surface area (Å²) in [6.45, 7) is 7.38. The molecule has 1 spiro atoms. The van der Waals surface area contributed by atoms with Gasteiger partial charge < -0.3 is 39.6 Å². The monoisotopic (exact) mass is 808 g/mol. The molecule has 10 rings (SSSR count). The SMILES string of the molecule is CC(C)[C@H](O)C(=O)N[C@H]1Cc2ccc3c(c2)C24c5cc(Br)cc(c5NC2O3)-c2cccc3[nH]cc(c23)-c2oc(nc2Cl)-c2nc(oc24)[C@H](C(C)C)NC1=O. The van der Waals surface area contributed by atoms with Gasteiger partial charge in [0.1, 0.15) is 29.4 Å². The van der Waals surface area contributed by atoms with Crippen molar-refractivity contribution >= 4 is 55.9 Å². The van der Waals surface area contributed by atoms with Crippen LogP contribution in [0.15, 0.2) is 68.0 Å². The van der Waals surface area contributed by atoms with Gasteiger partial charge in [-0.15, -0.1) is 0 Å². The van der Waals surface area contributed by atoms with E-state index in [1.54, 1.807) is 13.8 Å². The number of hydrogen-bond acceptors (Lipinski definition) is 9. The zero-order valence-corrected chi connectivity index (χ0v) is 31.8. The minimum Gasteiger partial charge on any atom is -0.469 e. The van der Waals surface area contributed by atoms with Gasteiger partial charge in [0, 0.05) is 55.9 Å². The predicted octanol–water partition coefficient (Wildman–Crippen LogP) is 7.22. The number of nitrogens with one attached hydrogen (secondary N) is 4. The summed E-state index contributed by atoms with van der Waals surface area (Å²) in [6, 6.07) is 14.2. The number of ether oxygens (including phenoxy) is 1.